The molecule has 6 nitrogen and oxygen atoms in total. The van der Waals surface area contributed by atoms with Crippen LogP contribution in [0.4, 0.5) is 16.2 Å². The maximum absolute atomic E-state index is 13.3. The molecule has 33 heavy (non-hydrogen) atoms. The van der Waals surface area contributed by atoms with Crippen molar-refractivity contribution in [3.63, 3.8) is 0 Å². The Balaban J connectivity index is 1.78. The average molecular weight is 510 g/mol. The number of nitrogens with one attached hydrogen (secondary N) is 1. The number of amides is 4. The Kier molecular flexibility index (Phi) is 5.95. The van der Waals surface area contributed by atoms with Crippen LogP contribution in [0.5, 0.6) is 0 Å². The molecule has 7 heteroatoms. The lowest BCUT2D eigenvalue weighted by atomic mass is 9.79. The third-order valence-electron chi connectivity index (χ3n) is 6.56. The summed E-state index contributed by atoms with van der Waals surface area (Å²) in [5.74, 6) is -0.979. The summed E-state index contributed by atoms with van der Waals surface area (Å²) < 4.78 is 0.728. The minimum Gasteiger partial charge on any atom is -0.366 e. The zero-order valence-corrected chi connectivity index (χ0v) is 21.1. The molecule has 2 aromatic rings. The number of halogens is 1. The molecule has 2 aliphatic rings. The fraction of sp³-hybridized carbons (Fsp3) is 0.346. The van der Waals surface area contributed by atoms with E-state index in [-0.39, 0.29) is 11.1 Å². The number of carbonyl (C=O) groups excluding carboxylic acids is 3. The Labute approximate surface area is 202 Å². The van der Waals surface area contributed by atoms with E-state index in [0.29, 0.717) is 11.6 Å². The van der Waals surface area contributed by atoms with Crippen LogP contribution in [-0.4, -0.2) is 29.9 Å². The van der Waals surface area contributed by atoms with Crippen LogP contribution < -0.4 is 15.1 Å². The SMILES string of the molecule is CCN1c2cc(C)c(/C=C3/C(=O)NC(=O)N(c4cccc(Br)c4)C3=O)cc2C(C)CC1(C)C. The topological polar surface area (TPSA) is 69.7 Å². The number of hydrogen-bond donors (Lipinski definition) is 1. The van der Waals surface area contributed by atoms with Gasteiger partial charge in [0.25, 0.3) is 11.8 Å². The maximum atomic E-state index is 13.3. The summed E-state index contributed by atoms with van der Waals surface area (Å²) in [7, 11) is 0. The van der Waals surface area contributed by atoms with Gasteiger partial charge in [-0.2, -0.15) is 0 Å². The number of rotatable bonds is 3. The maximum Gasteiger partial charge on any atom is 0.335 e. The van der Waals surface area contributed by atoms with E-state index in [9.17, 15) is 14.4 Å². The zero-order chi connectivity index (χ0) is 24.1. The summed E-state index contributed by atoms with van der Waals surface area (Å²) in [5, 5.41) is 2.30. The minimum absolute atomic E-state index is 0.0532. The largest absolute Gasteiger partial charge is 0.366 e. The molecule has 0 spiro atoms. The van der Waals surface area contributed by atoms with Crippen molar-refractivity contribution in [1.29, 1.82) is 0 Å². The van der Waals surface area contributed by atoms with Crippen molar-refractivity contribution in [3.8, 4) is 0 Å². The molecule has 172 valence electrons. The van der Waals surface area contributed by atoms with Crippen LogP contribution in [0.1, 0.15) is 56.7 Å². The number of imide groups is 2. The summed E-state index contributed by atoms with van der Waals surface area (Å²) in [4.78, 5) is 41.8. The Morgan fingerprint density at radius 2 is 1.91 bits per heavy atom. The second-order valence-corrected chi connectivity index (χ2v) is 10.3. The number of nitrogens with zero attached hydrogens (tertiary/aromatic N) is 2. The molecule has 1 fully saturated rings. The Morgan fingerprint density at radius 3 is 2.58 bits per heavy atom. The predicted molar refractivity (Wildman–Crippen MR) is 134 cm³/mol. The van der Waals surface area contributed by atoms with Crippen LogP contribution in [0.15, 0.2) is 46.4 Å². The van der Waals surface area contributed by atoms with Crippen molar-refractivity contribution in [2.75, 3.05) is 16.3 Å². The van der Waals surface area contributed by atoms with Crippen molar-refractivity contribution in [2.24, 2.45) is 0 Å². The number of benzene rings is 2. The number of barbiturate groups is 1. The lowest BCUT2D eigenvalue weighted by Gasteiger charge is -2.47. The number of aryl methyl sites for hydroxylation is 1. The molecular weight excluding hydrogens is 482 g/mol. The van der Waals surface area contributed by atoms with Gasteiger partial charge in [-0.25, -0.2) is 9.69 Å². The van der Waals surface area contributed by atoms with E-state index >= 15 is 0 Å². The molecule has 0 radical (unpaired) electrons. The molecule has 2 aliphatic heterocycles. The van der Waals surface area contributed by atoms with E-state index in [1.165, 1.54) is 11.3 Å². The quantitative estimate of drug-likeness (QED) is 0.435. The van der Waals surface area contributed by atoms with E-state index in [4.69, 9.17) is 0 Å². The Bertz CT molecular complexity index is 1200. The first-order valence-electron chi connectivity index (χ1n) is 11.1. The van der Waals surface area contributed by atoms with Gasteiger partial charge in [0, 0.05) is 22.2 Å². The van der Waals surface area contributed by atoms with Gasteiger partial charge >= 0.3 is 6.03 Å². The molecule has 0 bridgehead atoms. The average Bonchev–Trinajstić information content (AvgIpc) is 2.71. The van der Waals surface area contributed by atoms with Crippen molar-refractivity contribution in [1.82, 2.24) is 5.32 Å². The molecule has 2 heterocycles. The first-order valence-corrected chi connectivity index (χ1v) is 11.9. The summed E-state index contributed by atoms with van der Waals surface area (Å²) in [5.41, 5.74) is 4.56. The van der Waals surface area contributed by atoms with Gasteiger partial charge in [-0.3, -0.25) is 14.9 Å². The second-order valence-electron chi connectivity index (χ2n) is 9.37. The van der Waals surface area contributed by atoms with E-state index in [2.05, 4.69) is 66.0 Å². The van der Waals surface area contributed by atoms with Gasteiger partial charge in [-0.1, -0.05) is 28.9 Å². The number of urea groups is 1. The van der Waals surface area contributed by atoms with Gasteiger partial charge in [-0.05, 0) is 93.1 Å². The van der Waals surface area contributed by atoms with Gasteiger partial charge in [0.2, 0.25) is 0 Å². The highest BCUT2D eigenvalue weighted by molar-refractivity contribution is 9.10. The Hall–Kier alpha value is -2.93. The zero-order valence-electron chi connectivity index (χ0n) is 19.5. The summed E-state index contributed by atoms with van der Waals surface area (Å²) in [6.07, 6.45) is 2.62. The van der Waals surface area contributed by atoms with Gasteiger partial charge in [0.15, 0.2) is 0 Å². The van der Waals surface area contributed by atoms with Crippen molar-refractivity contribution < 1.29 is 14.4 Å². The number of hydrogen-bond acceptors (Lipinski definition) is 4. The molecular formula is C26H28BrN3O3. The van der Waals surface area contributed by atoms with Crippen molar-refractivity contribution >= 4 is 51.2 Å². The lowest BCUT2D eigenvalue weighted by Crippen LogP contribution is -2.54. The van der Waals surface area contributed by atoms with Crippen LogP contribution in [0, 0.1) is 6.92 Å². The molecule has 4 amide bonds. The van der Waals surface area contributed by atoms with E-state index in [1.54, 1.807) is 30.3 Å². The van der Waals surface area contributed by atoms with E-state index in [0.717, 1.165) is 33.5 Å². The monoisotopic (exact) mass is 509 g/mol. The predicted octanol–water partition coefficient (Wildman–Crippen LogP) is 5.54. The summed E-state index contributed by atoms with van der Waals surface area (Å²) >= 11 is 3.36. The second kappa shape index (κ2) is 8.45. The van der Waals surface area contributed by atoms with Crippen molar-refractivity contribution in [2.45, 2.75) is 52.5 Å². The first-order chi connectivity index (χ1) is 15.5. The minimum atomic E-state index is -0.753. The van der Waals surface area contributed by atoms with Crippen LogP contribution in [-0.2, 0) is 9.59 Å². The highest BCUT2D eigenvalue weighted by Crippen LogP contribution is 2.44. The normalized spacial score (nSPS) is 21.3. The molecule has 1 atom stereocenters. The lowest BCUT2D eigenvalue weighted by molar-refractivity contribution is -0.122. The fourth-order valence-corrected chi connectivity index (χ4v) is 5.45. The van der Waals surface area contributed by atoms with Crippen LogP contribution in [0.25, 0.3) is 6.08 Å². The molecule has 1 saturated heterocycles. The molecule has 1 unspecified atom stereocenters. The number of carbonyl (C=O) groups is 3. The number of fused-ring (bicyclic) bond motifs is 1. The van der Waals surface area contributed by atoms with Gasteiger partial charge in [0.1, 0.15) is 5.57 Å². The Morgan fingerprint density at radius 1 is 1.18 bits per heavy atom. The van der Waals surface area contributed by atoms with Crippen LogP contribution in [0.2, 0.25) is 0 Å². The molecule has 2 aromatic carbocycles. The summed E-state index contributed by atoms with van der Waals surface area (Å²) in [6.45, 7) is 11.8. The third-order valence-corrected chi connectivity index (χ3v) is 7.05. The van der Waals surface area contributed by atoms with Crippen LogP contribution >= 0.6 is 15.9 Å². The smallest absolute Gasteiger partial charge is 0.335 e. The first kappa shape index (κ1) is 23.2. The molecule has 0 aromatic heterocycles. The molecule has 4 rings (SSSR count). The molecule has 0 aliphatic carbocycles. The molecule has 0 saturated carbocycles. The molecule has 1 N–H and O–H groups in total. The van der Waals surface area contributed by atoms with E-state index < -0.39 is 17.8 Å². The highest BCUT2D eigenvalue weighted by atomic mass is 79.9. The van der Waals surface area contributed by atoms with Gasteiger partial charge in [-0.15, -0.1) is 0 Å². The standard InChI is InChI=1S/C26H28BrN3O3/c1-6-29-22-10-15(2)17(11-20(22)16(3)14-26(29,4)5)12-21-23(31)28-25(33)30(24(21)32)19-9-7-8-18(27)13-19/h7-13,16H,6,14H2,1-5H3,(H,28,31,33)/b21-12-. The number of anilines is 2. The van der Waals surface area contributed by atoms with E-state index in [1.807, 2.05) is 6.92 Å². The van der Waals surface area contributed by atoms with Crippen molar-refractivity contribution in [3.05, 3.63) is 63.1 Å². The van der Waals surface area contributed by atoms with Gasteiger partial charge in [0.05, 0.1) is 5.69 Å². The highest BCUT2D eigenvalue weighted by Gasteiger charge is 2.38. The van der Waals surface area contributed by atoms with Crippen LogP contribution in [0.3, 0.4) is 0 Å². The third kappa shape index (κ3) is 4.10. The summed E-state index contributed by atoms with van der Waals surface area (Å²) in [6, 6.07) is 10.3. The fourth-order valence-electron chi connectivity index (χ4n) is 5.07. The van der Waals surface area contributed by atoms with Gasteiger partial charge < -0.3 is 4.90 Å².